The molecule has 0 radical (unpaired) electrons. The number of carbonyl (C=O) groups excluding carboxylic acids is 2. The van der Waals surface area contributed by atoms with Gasteiger partial charge in [0.25, 0.3) is 0 Å². The molecule has 2 N–H and O–H groups in total. The first-order valence-corrected chi connectivity index (χ1v) is 7.97. The van der Waals surface area contributed by atoms with Gasteiger partial charge in [0, 0.05) is 17.6 Å². The summed E-state index contributed by atoms with van der Waals surface area (Å²) in [6.07, 6.45) is 0.662. The highest BCUT2D eigenvalue weighted by Gasteiger charge is 2.40. The molecule has 2 heterocycles. The summed E-state index contributed by atoms with van der Waals surface area (Å²) < 4.78 is 0. The Hall–Kier alpha value is -1.88. The molecule has 1 aromatic carbocycles. The minimum Gasteiger partial charge on any atom is -0.344 e. The number of amides is 2. The highest BCUT2D eigenvalue weighted by molar-refractivity contribution is 6.02. The number of carbonyl (C=O) groups is 2. The van der Waals surface area contributed by atoms with E-state index in [1.54, 1.807) is 4.90 Å². The zero-order chi connectivity index (χ0) is 15.7. The minimum atomic E-state index is -0.404. The number of anilines is 1. The molecule has 0 saturated carbocycles. The highest BCUT2D eigenvalue weighted by atomic mass is 16.2. The van der Waals surface area contributed by atoms with Crippen LogP contribution < -0.4 is 15.5 Å². The molecule has 2 aliphatic heterocycles. The van der Waals surface area contributed by atoms with Crippen molar-refractivity contribution < 1.29 is 9.59 Å². The van der Waals surface area contributed by atoms with Crippen molar-refractivity contribution in [3.05, 3.63) is 30.3 Å². The molecule has 2 aliphatic rings. The van der Waals surface area contributed by atoms with E-state index in [2.05, 4.69) is 10.6 Å². The fourth-order valence-corrected chi connectivity index (χ4v) is 3.21. The maximum atomic E-state index is 12.6. The van der Waals surface area contributed by atoms with E-state index in [1.807, 2.05) is 44.2 Å². The lowest BCUT2D eigenvalue weighted by molar-refractivity contribution is -0.130. The average Bonchev–Trinajstić information content (AvgIpc) is 2.72. The quantitative estimate of drug-likeness (QED) is 0.877. The topological polar surface area (TPSA) is 61.4 Å². The lowest BCUT2D eigenvalue weighted by Crippen LogP contribution is -2.52. The fourth-order valence-electron chi connectivity index (χ4n) is 3.21. The van der Waals surface area contributed by atoms with Crippen molar-refractivity contribution >= 4 is 17.5 Å². The van der Waals surface area contributed by atoms with Gasteiger partial charge in [0.15, 0.2) is 0 Å². The molecular weight excluding hydrogens is 278 g/mol. The molecule has 1 aromatic rings. The summed E-state index contributed by atoms with van der Waals surface area (Å²) in [5.41, 5.74) is 0.896. The molecule has 0 aromatic heterocycles. The monoisotopic (exact) mass is 301 g/mol. The lowest BCUT2D eigenvalue weighted by Gasteiger charge is -2.32. The third-order valence-corrected chi connectivity index (χ3v) is 4.84. The van der Waals surface area contributed by atoms with Gasteiger partial charge in [-0.3, -0.25) is 9.59 Å². The van der Waals surface area contributed by atoms with Gasteiger partial charge in [0.05, 0.1) is 0 Å². The van der Waals surface area contributed by atoms with Crippen molar-refractivity contribution in [2.45, 2.75) is 32.4 Å². The van der Waals surface area contributed by atoms with Crippen LogP contribution in [0.5, 0.6) is 0 Å². The highest BCUT2D eigenvalue weighted by Crippen LogP contribution is 2.27. The van der Waals surface area contributed by atoms with Gasteiger partial charge >= 0.3 is 0 Å². The molecule has 22 heavy (non-hydrogen) atoms. The Bertz CT molecular complexity index is 556. The Morgan fingerprint density at radius 3 is 2.59 bits per heavy atom. The first-order chi connectivity index (χ1) is 10.6. The van der Waals surface area contributed by atoms with Crippen LogP contribution in [0.4, 0.5) is 5.69 Å². The van der Waals surface area contributed by atoms with Gasteiger partial charge < -0.3 is 15.5 Å². The van der Waals surface area contributed by atoms with Gasteiger partial charge in [-0.25, -0.2) is 0 Å². The smallest absolute Gasteiger partial charge is 0.249 e. The number of para-hydroxylation sites is 1. The van der Waals surface area contributed by atoms with E-state index >= 15 is 0 Å². The summed E-state index contributed by atoms with van der Waals surface area (Å²) >= 11 is 0. The molecule has 3 unspecified atom stereocenters. The molecule has 3 atom stereocenters. The average molecular weight is 301 g/mol. The molecule has 5 nitrogen and oxygen atoms in total. The van der Waals surface area contributed by atoms with Crippen molar-refractivity contribution in [3.63, 3.8) is 0 Å². The largest absolute Gasteiger partial charge is 0.344 e. The van der Waals surface area contributed by atoms with Crippen LogP contribution in [0, 0.1) is 11.8 Å². The van der Waals surface area contributed by atoms with E-state index in [1.165, 1.54) is 0 Å². The second-order valence-corrected chi connectivity index (χ2v) is 6.40. The maximum absolute atomic E-state index is 12.6. The summed E-state index contributed by atoms with van der Waals surface area (Å²) in [4.78, 5) is 26.7. The van der Waals surface area contributed by atoms with Crippen LogP contribution >= 0.6 is 0 Å². The molecule has 2 amide bonds. The van der Waals surface area contributed by atoms with Crippen molar-refractivity contribution in [1.29, 1.82) is 0 Å². The summed E-state index contributed by atoms with van der Waals surface area (Å²) in [7, 11) is 0. The van der Waals surface area contributed by atoms with Gasteiger partial charge in [0.1, 0.15) is 6.04 Å². The Morgan fingerprint density at radius 2 is 2.00 bits per heavy atom. The summed E-state index contributed by atoms with van der Waals surface area (Å²) in [6.45, 7) is 5.74. The van der Waals surface area contributed by atoms with Crippen LogP contribution in [0.1, 0.15) is 20.3 Å². The van der Waals surface area contributed by atoms with E-state index in [0.717, 1.165) is 18.8 Å². The number of hydrogen-bond donors (Lipinski definition) is 2. The van der Waals surface area contributed by atoms with Gasteiger partial charge in [-0.1, -0.05) is 25.1 Å². The molecule has 2 saturated heterocycles. The Morgan fingerprint density at radius 1 is 1.32 bits per heavy atom. The molecule has 0 aliphatic carbocycles. The summed E-state index contributed by atoms with van der Waals surface area (Å²) in [5, 5.41) is 6.13. The van der Waals surface area contributed by atoms with Gasteiger partial charge in [-0.2, -0.15) is 0 Å². The second kappa shape index (κ2) is 6.08. The van der Waals surface area contributed by atoms with Gasteiger partial charge in [-0.05, 0) is 44.5 Å². The number of hydrogen-bond acceptors (Lipinski definition) is 3. The van der Waals surface area contributed by atoms with Crippen LogP contribution in [0.25, 0.3) is 0 Å². The first kappa shape index (κ1) is 15.0. The molecule has 118 valence electrons. The minimum absolute atomic E-state index is 0.00744. The molecule has 0 spiro atoms. The lowest BCUT2D eigenvalue weighted by atomic mass is 9.88. The van der Waals surface area contributed by atoms with Crippen molar-refractivity contribution in [1.82, 2.24) is 10.6 Å². The van der Waals surface area contributed by atoms with Crippen LogP contribution in [-0.2, 0) is 9.59 Å². The van der Waals surface area contributed by atoms with Crippen molar-refractivity contribution in [2.75, 3.05) is 18.0 Å². The normalized spacial score (nSPS) is 26.6. The van der Waals surface area contributed by atoms with E-state index < -0.39 is 6.04 Å². The SMILES string of the molecule is CC(C(=O)NC1CC(C)N(c2ccccc2)C1=O)C1CNC1. The predicted molar refractivity (Wildman–Crippen MR) is 85.5 cm³/mol. The van der Waals surface area contributed by atoms with Crippen molar-refractivity contribution in [3.8, 4) is 0 Å². The Labute approximate surface area is 131 Å². The second-order valence-electron chi connectivity index (χ2n) is 6.40. The van der Waals surface area contributed by atoms with Crippen LogP contribution in [0.3, 0.4) is 0 Å². The van der Waals surface area contributed by atoms with Crippen LogP contribution in [-0.4, -0.2) is 37.0 Å². The number of nitrogens with one attached hydrogen (secondary N) is 2. The van der Waals surface area contributed by atoms with E-state index in [9.17, 15) is 9.59 Å². The molecule has 3 rings (SSSR count). The van der Waals surface area contributed by atoms with Gasteiger partial charge in [-0.15, -0.1) is 0 Å². The first-order valence-electron chi connectivity index (χ1n) is 7.97. The number of nitrogens with zero attached hydrogens (tertiary/aromatic N) is 1. The summed E-state index contributed by atoms with van der Waals surface area (Å²) in [5.74, 6) is 0.326. The number of benzene rings is 1. The Balaban J connectivity index is 1.66. The summed E-state index contributed by atoms with van der Waals surface area (Å²) in [6, 6.07) is 9.34. The van der Waals surface area contributed by atoms with E-state index in [-0.39, 0.29) is 23.8 Å². The Kier molecular flexibility index (Phi) is 4.16. The molecular formula is C17H23N3O2. The van der Waals surface area contributed by atoms with Crippen LogP contribution in [0.2, 0.25) is 0 Å². The molecule has 2 fully saturated rings. The maximum Gasteiger partial charge on any atom is 0.249 e. The van der Waals surface area contributed by atoms with E-state index in [0.29, 0.717) is 12.3 Å². The van der Waals surface area contributed by atoms with Crippen molar-refractivity contribution in [2.24, 2.45) is 11.8 Å². The zero-order valence-electron chi connectivity index (χ0n) is 13.1. The third-order valence-electron chi connectivity index (χ3n) is 4.84. The standard InChI is InChI=1S/C17H23N3O2/c1-11-8-15(19-16(21)12(2)13-9-18-10-13)17(22)20(11)14-6-4-3-5-7-14/h3-7,11-13,15,18H,8-10H2,1-2H3,(H,19,21). The molecule has 0 bridgehead atoms. The van der Waals surface area contributed by atoms with E-state index in [4.69, 9.17) is 0 Å². The third kappa shape index (κ3) is 2.73. The van der Waals surface area contributed by atoms with Crippen LogP contribution in [0.15, 0.2) is 30.3 Å². The fraction of sp³-hybridized carbons (Fsp3) is 0.529. The van der Waals surface area contributed by atoms with Gasteiger partial charge in [0.2, 0.25) is 11.8 Å². The molecule has 5 heteroatoms. The zero-order valence-corrected chi connectivity index (χ0v) is 13.1. The predicted octanol–water partition coefficient (Wildman–Crippen LogP) is 1.15. The number of rotatable bonds is 4.